The molecule has 1 aliphatic rings. The Bertz CT molecular complexity index is 438. The number of halogens is 1. The summed E-state index contributed by atoms with van der Waals surface area (Å²) in [7, 11) is 4.09. The highest BCUT2D eigenvalue weighted by atomic mass is 35.5. The van der Waals surface area contributed by atoms with Gasteiger partial charge in [-0.1, -0.05) is 18.5 Å². The zero-order chi connectivity index (χ0) is 14.5. The Morgan fingerprint density at radius 2 is 2.20 bits per heavy atom. The Labute approximate surface area is 127 Å². The summed E-state index contributed by atoms with van der Waals surface area (Å²) in [5.74, 6) is 0.879. The maximum absolute atomic E-state index is 6.31. The molecule has 20 heavy (non-hydrogen) atoms. The number of hydrogen-bond acceptors (Lipinski definition) is 4. The first-order valence-corrected chi connectivity index (χ1v) is 7.77. The minimum absolute atomic E-state index is 0.582. The summed E-state index contributed by atoms with van der Waals surface area (Å²) >= 11 is 6.31. The standard InChI is InChI=1S/C15H25ClN4/c1-4-12-10-19(3)8-5-9-20(12)11-14-13(16)6-7-15(17-2)18-14/h6-7,12H,4-5,8-11H2,1-3H3,(H,17,18). The van der Waals surface area contributed by atoms with E-state index in [2.05, 4.69) is 34.1 Å². The fourth-order valence-corrected chi connectivity index (χ4v) is 2.98. The molecule has 5 heteroatoms. The second-order valence-corrected chi connectivity index (χ2v) is 5.93. The Hall–Kier alpha value is -0.840. The summed E-state index contributed by atoms with van der Waals surface area (Å²) in [6, 6.07) is 4.43. The zero-order valence-corrected chi connectivity index (χ0v) is 13.5. The molecule has 4 nitrogen and oxygen atoms in total. The molecule has 1 aromatic heterocycles. The number of nitrogens with one attached hydrogen (secondary N) is 1. The summed E-state index contributed by atoms with van der Waals surface area (Å²) in [4.78, 5) is 9.55. The van der Waals surface area contributed by atoms with E-state index in [4.69, 9.17) is 11.6 Å². The van der Waals surface area contributed by atoms with Crippen LogP contribution in [-0.2, 0) is 6.54 Å². The maximum Gasteiger partial charge on any atom is 0.126 e. The highest BCUT2D eigenvalue weighted by Gasteiger charge is 2.23. The molecule has 1 aliphatic heterocycles. The van der Waals surface area contributed by atoms with Crippen molar-refractivity contribution in [1.29, 1.82) is 0 Å². The number of anilines is 1. The lowest BCUT2D eigenvalue weighted by molar-refractivity contribution is 0.174. The van der Waals surface area contributed by atoms with Gasteiger partial charge < -0.3 is 10.2 Å². The Balaban J connectivity index is 2.14. The van der Waals surface area contributed by atoms with Crippen molar-refractivity contribution < 1.29 is 0 Å². The van der Waals surface area contributed by atoms with Crippen LogP contribution < -0.4 is 5.32 Å². The van der Waals surface area contributed by atoms with E-state index in [0.29, 0.717) is 6.04 Å². The van der Waals surface area contributed by atoms with E-state index < -0.39 is 0 Å². The van der Waals surface area contributed by atoms with Crippen molar-refractivity contribution >= 4 is 17.4 Å². The van der Waals surface area contributed by atoms with Gasteiger partial charge in [-0.3, -0.25) is 4.90 Å². The number of rotatable bonds is 4. The van der Waals surface area contributed by atoms with Gasteiger partial charge in [-0.05, 0) is 38.6 Å². The zero-order valence-electron chi connectivity index (χ0n) is 12.7. The van der Waals surface area contributed by atoms with Crippen LogP contribution >= 0.6 is 11.6 Å². The Morgan fingerprint density at radius 1 is 1.40 bits per heavy atom. The van der Waals surface area contributed by atoms with Crippen molar-refractivity contribution in [2.45, 2.75) is 32.4 Å². The summed E-state index contributed by atoms with van der Waals surface area (Å²) in [6.45, 7) is 6.51. The molecule has 2 heterocycles. The molecule has 0 aromatic carbocycles. The van der Waals surface area contributed by atoms with Crippen LogP contribution in [0.25, 0.3) is 0 Å². The Morgan fingerprint density at radius 3 is 2.90 bits per heavy atom. The predicted molar refractivity (Wildman–Crippen MR) is 85.4 cm³/mol. The van der Waals surface area contributed by atoms with Crippen molar-refractivity contribution in [2.24, 2.45) is 0 Å². The molecular weight excluding hydrogens is 272 g/mol. The van der Waals surface area contributed by atoms with E-state index in [-0.39, 0.29) is 0 Å². The molecule has 0 saturated carbocycles. The summed E-state index contributed by atoms with van der Waals surface area (Å²) < 4.78 is 0. The van der Waals surface area contributed by atoms with Gasteiger partial charge in [0.2, 0.25) is 0 Å². The topological polar surface area (TPSA) is 31.4 Å². The van der Waals surface area contributed by atoms with Gasteiger partial charge in [-0.15, -0.1) is 0 Å². The predicted octanol–water partition coefficient (Wildman–Crippen LogP) is 2.69. The van der Waals surface area contributed by atoms with Crippen LogP contribution in [0.3, 0.4) is 0 Å². The lowest BCUT2D eigenvalue weighted by Gasteiger charge is -2.30. The second kappa shape index (κ2) is 7.25. The SMILES string of the molecule is CCC1CN(C)CCCN1Cc1nc(NC)ccc1Cl. The second-order valence-electron chi connectivity index (χ2n) is 5.52. The lowest BCUT2D eigenvalue weighted by Crippen LogP contribution is -2.39. The van der Waals surface area contributed by atoms with E-state index in [1.54, 1.807) is 0 Å². The van der Waals surface area contributed by atoms with E-state index in [0.717, 1.165) is 42.6 Å². The van der Waals surface area contributed by atoms with Gasteiger partial charge in [0.1, 0.15) is 5.82 Å². The van der Waals surface area contributed by atoms with Crippen molar-refractivity contribution in [1.82, 2.24) is 14.8 Å². The van der Waals surface area contributed by atoms with E-state index in [1.807, 2.05) is 19.2 Å². The normalized spacial score (nSPS) is 21.7. The number of hydrogen-bond donors (Lipinski definition) is 1. The molecule has 0 amide bonds. The van der Waals surface area contributed by atoms with Crippen molar-refractivity contribution in [2.75, 3.05) is 39.0 Å². The average molecular weight is 297 g/mol. The maximum atomic E-state index is 6.31. The quantitative estimate of drug-likeness (QED) is 0.926. The first-order chi connectivity index (χ1) is 9.63. The minimum Gasteiger partial charge on any atom is -0.373 e. The van der Waals surface area contributed by atoms with Crippen LogP contribution in [0.1, 0.15) is 25.5 Å². The molecule has 2 rings (SSSR count). The molecule has 0 aliphatic carbocycles. The summed E-state index contributed by atoms with van der Waals surface area (Å²) in [5.41, 5.74) is 0.974. The van der Waals surface area contributed by atoms with Crippen LogP contribution in [0.4, 0.5) is 5.82 Å². The molecule has 1 atom stereocenters. The van der Waals surface area contributed by atoms with Gasteiger partial charge in [-0.2, -0.15) is 0 Å². The van der Waals surface area contributed by atoms with E-state index in [1.165, 1.54) is 13.0 Å². The number of pyridine rings is 1. The summed E-state index contributed by atoms with van der Waals surface area (Å²) in [6.07, 6.45) is 2.37. The van der Waals surface area contributed by atoms with Crippen LogP contribution in [-0.4, -0.2) is 54.6 Å². The molecule has 0 radical (unpaired) electrons. The largest absolute Gasteiger partial charge is 0.373 e. The van der Waals surface area contributed by atoms with Crippen LogP contribution in [0.5, 0.6) is 0 Å². The van der Waals surface area contributed by atoms with Gasteiger partial charge in [0.25, 0.3) is 0 Å². The molecular formula is C15H25ClN4. The first-order valence-electron chi connectivity index (χ1n) is 7.39. The van der Waals surface area contributed by atoms with Crippen molar-refractivity contribution in [3.8, 4) is 0 Å². The minimum atomic E-state index is 0.582. The van der Waals surface area contributed by atoms with Crippen molar-refractivity contribution in [3.63, 3.8) is 0 Å². The molecule has 1 saturated heterocycles. The third kappa shape index (κ3) is 3.84. The number of nitrogens with zero attached hydrogens (tertiary/aromatic N) is 3. The lowest BCUT2D eigenvalue weighted by atomic mass is 10.1. The van der Waals surface area contributed by atoms with Gasteiger partial charge in [0.15, 0.2) is 0 Å². The number of aromatic nitrogens is 1. The van der Waals surface area contributed by atoms with Crippen LogP contribution in [0.2, 0.25) is 5.02 Å². The van der Waals surface area contributed by atoms with Crippen molar-refractivity contribution in [3.05, 3.63) is 22.8 Å². The van der Waals surface area contributed by atoms with Gasteiger partial charge in [0.05, 0.1) is 10.7 Å². The highest BCUT2D eigenvalue weighted by molar-refractivity contribution is 6.31. The number of likely N-dealkylation sites (N-methyl/N-ethyl adjacent to an activating group) is 1. The fourth-order valence-electron chi connectivity index (χ4n) is 2.82. The monoisotopic (exact) mass is 296 g/mol. The first kappa shape index (κ1) is 15.5. The third-order valence-electron chi connectivity index (χ3n) is 4.02. The Kier molecular flexibility index (Phi) is 5.64. The van der Waals surface area contributed by atoms with Crippen LogP contribution in [0, 0.1) is 0 Å². The molecule has 1 fully saturated rings. The van der Waals surface area contributed by atoms with E-state index in [9.17, 15) is 0 Å². The third-order valence-corrected chi connectivity index (χ3v) is 4.37. The van der Waals surface area contributed by atoms with Gasteiger partial charge >= 0.3 is 0 Å². The molecule has 0 spiro atoms. The average Bonchev–Trinajstić information content (AvgIpc) is 2.62. The van der Waals surface area contributed by atoms with Gasteiger partial charge in [-0.25, -0.2) is 4.98 Å². The van der Waals surface area contributed by atoms with Crippen LogP contribution in [0.15, 0.2) is 12.1 Å². The summed E-state index contributed by atoms with van der Waals surface area (Å²) in [5, 5.41) is 3.84. The van der Waals surface area contributed by atoms with Gasteiger partial charge in [0, 0.05) is 32.7 Å². The molecule has 112 valence electrons. The van der Waals surface area contributed by atoms with E-state index >= 15 is 0 Å². The highest BCUT2D eigenvalue weighted by Crippen LogP contribution is 2.21. The fraction of sp³-hybridized carbons (Fsp3) is 0.667. The smallest absolute Gasteiger partial charge is 0.126 e. The molecule has 0 bridgehead atoms. The molecule has 1 unspecified atom stereocenters. The molecule has 1 N–H and O–H groups in total. The molecule has 1 aromatic rings.